The van der Waals surface area contributed by atoms with Crippen LogP contribution in [0, 0.1) is 20.8 Å². The van der Waals surface area contributed by atoms with Crippen molar-refractivity contribution in [2.24, 2.45) is 0 Å². The highest BCUT2D eigenvalue weighted by atomic mass is 32.2. The van der Waals surface area contributed by atoms with Gasteiger partial charge in [0, 0.05) is 18.8 Å². The van der Waals surface area contributed by atoms with E-state index >= 15 is 0 Å². The fraction of sp³-hybridized carbons (Fsp3) is 0.409. The lowest BCUT2D eigenvalue weighted by molar-refractivity contribution is -0.116. The molecule has 0 radical (unpaired) electrons. The minimum atomic E-state index is -3.82. The third kappa shape index (κ3) is 5.23. The van der Waals surface area contributed by atoms with Gasteiger partial charge in [-0.25, -0.2) is 8.42 Å². The second-order valence-electron chi connectivity index (χ2n) is 7.54. The fourth-order valence-electron chi connectivity index (χ4n) is 3.36. The van der Waals surface area contributed by atoms with Crippen molar-refractivity contribution in [2.45, 2.75) is 44.6 Å². The van der Waals surface area contributed by atoms with Gasteiger partial charge in [0.05, 0.1) is 17.5 Å². The van der Waals surface area contributed by atoms with Crippen molar-refractivity contribution in [1.82, 2.24) is 4.31 Å². The van der Waals surface area contributed by atoms with E-state index in [4.69, 9.17) is 4.74 Å². The molecule has 1 N–H and O–H groups in total. The largest absolute Gasteiger partial charge is 0.377 e. The Kier molecular flexibility index (Phi) is 6.72. The summed E-state index contributed by atoms with van der Waals surface area (Å²) >= 11 is 0. The highest BCUT2D eigenvalue weighted by Crippen LogP contribution is 2.22. The number of nitrogens with zero attached hydrogens (tertiary/aromatic N) is 1. The van der Waals surface area contributed by atoms with Gasteiger partial charge in [0.1, 0.15) is 0 Å². The molecule has 1 aliphatic heterocycles. The van der Waals surface area contributed by atoms with Crippen LogP contribution in [0.3, 0.4) is 0 Å². The van der Waals surface area contributed by atoms with Crippen LogP contribution in [0.2, 0.25) is 0 Å². The summed E-state index contributed by atoms with van der Waals surface area (Å²) in [5, 5.41) is 2.85. The predicted molar refractivity (Wildman–Crippen MR) is 113 cm³/mol. The Bertz CT molecular complexity index is 965. The first kappa shape index (κ1) is 21.5. The first-order valence-corrected chi connectivity index (χ1v) is 11.3. The lowest BCUT2D eigenvalue weighted by Crippen LogP contribution is -2.42. The van der Waals surface area contributed by atoms with Crippen molar-refractivity contribution in [3.8, 4) is 0 Å². The number of benzene rings is 2. The fourth-order valence-corrected chi connectivity index (χ4v) is 4.79. The number of nitrogens with one attached hydrogen (secondary N) is 1. The van der Waals surface area contributed by atoms with Crippen LogP contribution >= 0.6 is 0 Å². The molecular formula is C22H28N2O4S. The minimum absolute atomic E-state index is 0.163. The molecule has 1 amide bonds. The zero-order valence-corrected chi connectivity index (χ0v) is 18.0. The Balaban J connectivity index is 1.82. The standard InChI is InChI=1S/C22H28N2O4S/c1-16-9-11-20(12-10-16)29(26,27)24(14-19-7-5-13-28-19)15-22(25)23-21-8-4-6-17(2)18(21)3/h4,6,8-12,19H,5,7,13-15H2,1-3H3,(H,23,25)/t19-/m0/s1. The van der Waals surface area contributed by atoms with E-state index in [-0.39, 0.29) is 30.0 Å². The molecule has 1 fully saturated rings. The van der Waals surface area contributed by atoms with Crippen molar-refractivity contribution in [3.05, 3.63) is 59.2 Å². The van der Waals surface area contributed by atoms with Crippen LogP contribution in [0.15, 0.2) is 47.4 Å². The average molecular weight is 417 g/mol. The van der Waals surface area contributed by atoms with Gasteiger partial charge in [-0.1, -0.05) is 29.8 Å². The van der Waals surface area contributed by atoms with E-state index in [1.807, 2.05) is 39.0 Å². The molecule has 1 aliphatic rings. The first-order chi connectivity index (χ1) is 13.8. The molecule has 7 heteroatoms. The smallest absolute Gasteiger partial charge is 0.243 e. The normalized spacial score (nSPS) is 16.9. The number of hydrogen-bond acceptors (Lipinski definition) is 4. The molecule has 156 valence electrons. The zero-order chi connectivity index (χ0) is 21.0. The molecule has 0 spiro atoms. The van der Waals surface area contributed by atoms with Gasteiger partial charge >= 0.3 is 0 Å². The van der Waals surface area contributed by atoms with Crippen molar-refractivity contribution in [1.29, 1.82) is 0 Å². The summed E-state index contributed by atoms with van der Waals surface area (Å²) in [7, 11) is -3.82. The van der Waals surface area contributed by atoms with Crippen LogP contribution < -0.4 is 5.32 Å². The Hall–Kier alpha value is -2.22. The van der Waals surface area contributed by atoms with Crippen molar-refractivity contribution >= 4 is 21.6 Å². The highest BCUT2D eigenvalue weighted by Gasteiger charge is 2.30. The van der Waals surface area contributed by atoms with E-state index in [2.05, 4.69) is 5.32 Å². The van der Waals surface area contributed by atoms with Crippen LogP contribution in [-0.2, 0) is 19.6 Å². The third-order valence-corrected chi connectivity index (χ3v) is 7.11. The van der Waals surface area contributed by atoms with Gasteiger partial charge in [-0.3, -0.25) is 4.79 Å². The molecule has 0 aliphatic carbocycles. The molecule has 29 heavy (non-hydrogen) atoms. The van der Waals surface area contributed by atoms with Crippen molar-refractivity contribution in [3.63, 3.8) is 0 Å². The zero-order valence-electron chi connectivity index (χ0n) is 17.1. The van der Waals surface area contributed by atoms with Crippen LogP contribution in [-0.4, -0.2) is 44.4 Å². The molecule has 1 saturated heterocycles. The summed E-state index contributed by atoms with van der Waals surface area (Å²) in [6.45, 7) is 6.32. The van der Waals surface area contributed by atoms with E-state index in [0.29, 0.717) is 12.3 Å². The van der Waals surface area contributed by atoms with Crippen LogP contribution in [0.25, 0.3) is 0 Å². The lowest BCUT2D eigenvalue weighted by Gasteiger charge is -2.24. The number of carbonyl (C=O) groups excluding carboxylic acids is 1. The number of hydrogen-bond donors (Lipinski definition) is 1. The maximum Gasteiger partial charge on any atom is 0.243 e. The Morgan fingerprint density at radius 3 is 2.52 bits per heavy atom. The topological polar surface area (TPSA) is 75.7 Å². The second kappa shape index (κ2) is 9.07. The minimum Gasteiger partial charge on any atom is -0.377 e. The molecule has 2 aromatic rings. The molecule has 3 rings (SSSR count). The van der Waals surface area contributed by atoms with Gasteiger partial charge in [0.15, 0.2) is 0 Å². The number of anilines is 1. The molecule has 0 saturated carbocycles. The molecule has 0 aromatic heterocycles. The van der Waals surface area contributed by atoms with Crippen LogP contribution in [0.1, 0.15) is 29.5 Å². The maximum absolute atomic E-state index is 13.2. The number of aryl methyl sites for hydroxylation is 2. The Morgan fingerprint density at radius 1 is 1.14 bits per heavy atom. The van der Waals surface area contributed by atoms with Gasteiger partial charge < -0.3 is 10.1 Å². The summed E-state index contributed by atoms with van der Waals surface area (Å²) < 4.78 is 33.3. The van der Waals surface area contributed by atoms with Gasteiger partial charge in [-0.05, 0) is 62.9 Å². The summed E-state index contributed by atoms with van der Waals surface area (Å²) in [6, 6.07) is 12.3. The summed E-state index contributed by atoms with van der Waals surface area (Å²) in [4.78, 5) is 12.9. The molecule has 6 nitrogen and oxygen atoms in total. The molecule has 0 bridgehead atoms. The van der Waals surface area contributed by atoms with Crippen molar-refractivity contribution in [2.75, 3.05) is 25.0 Å². The van der Waals surface area contributed by atoms with Gasteiger partial charge in [-0.15, -0.1) is 0 Å². The van der Waals surface area contributed by atoms with E-state index < -0.39 is 10.0 Å². The van der Waals surface area contributed by atoms with Gasteiger partial charge in [-0.2, -0.15) is 4.31 Å². The molecule has 1 atom stereocenters. The Labute approximate surface area is 172 Å². The van der Waals surface area contributed by atoms with E-state index in [1.165, 1.54) is 4.31 Å². The molecular weight excluding hydrogens is 388 g/mol. The summed E-state index contributed by atoms with van der Waals surface area (Å²) in [6.07, 6.45) is 1.50. The third-order valence-electron chi connectivity index (χ3n) is 5.29. The van der Waals surface area contributed by atoms with Crippen LogP contribution in [0.5, 0.6) is 0 Å². The monoisotopic (exact) mass is 416 g/mol. The maximum atomic E-state index is 13.2. The van der Waals surface area contributed by atoms with E-state index in [0.717, 1.165) is 29.5 Å². The second-order valence-corrected chi connectivity index (χ2v) is 9.48. The van der Waals surface area contributed by atoms with E-state index in [9.17, 15) is 13.2 Å². The number of rotatable bonds is 7. The highest BCUT2D eigenvalue weighted by molar-refractivity contribution is 7.89. The number of carbonyl (C=O) groups is 1. The number of ether oxygens (including phenoxy) is 1. The van der Waals surface area contributed by atoms with E-state index in [1.54, 1.807) is 24.3 Å². The molecule has 2 aromatic carbocycles. The number of amides is 1. The van der Waals surface area contributed by atoms with Gasteiger partial charge in [0.25, 0.3) is 0 Å². The molecule has 1 heterocycles. The average Bonchev–Trinajstić information content (AvgIpc) is 3.18. The Morgan fingerprint density at radius 2 is 1.86 bits per heavy atom. The molecule has 0 unspecified atom stereocenters. The SMILES string of the molecule is Cc1ccc(S(=O)(=O)N(CC(=O)Nc2cccc(C)c2C)C[C@@H]2CCCO2)cc1. The van der Waals surface area contributed by atoms with Crippen LogP contribution in [0.4, 0.5) is 5.69 Å². The summed E-state index contributed by atoms with van der Waals surface area (Å²) in [5.41, 5.74) is 3.70. The summed E-state index contributed by atoms with van der Waals surface area (Å²) in [5.74, 6) is -0.368. The first-order valence-electron chi connectivity index (χ1n) is 9.82. The predicted octanol–water partition coefficient (Wildman–Crippen LogP) is 3.42. The lowest BCUT2D eigenvalue weighted by atomic mass is 10.1. The van der Waals surface area contributed by atoms with Crippen molar-refractivity contribution < 1.29 is 17.9 Å². The van der Waals surface area contributed by atoms with Gasteiger partial charge in [0.2, 0.25) is 15.9 Å². The quantitative estimate of drug-likeness (QED) is 0.750. The number of sulfonamides is 1.